The summed E-state index contributed by atoms with van der Waals surface area (Å²) in [7, 11) is 0. The fourth-order valence-corrected chi connectivity index (χ4v) is 3.02. The van der Waals surface area contributed by atoms with Gasteiger partial charge in [0.1, 0.15) is 5.82 Å². The lowest BCUT2D eigenvalue weighted by atomic mass is 10.1. The second-order valence-corrected chi connectivity index (χ2v) is 6.46. The maximum absolute atomic E-state index is 13.2. The first-order valence-electron chi connectivity index (χ1n) is 8.80. The summed E-state index contributed by atoms with van der Waals surface area (Å²) in [6.07, 6.45) is 0.749. The summed E-state index contributed by atoms with van der Waals surface area (Å²) < 4.78 is 27.6. The van der Waals surface area contributed by atoms with Crippen LogP contribution < -0.4 is 4.90 Å². The van der Waals surface area contributed by atoms with Gasteiger partial charge in [0.15, 0.2) is 5.65 Å². The van der Waals surface area contributed by atoms with Crippen molar-refractivity contribution >= 4 is 11.5 Å². The van der Waals surface area contributed by atoms with Gasteiger partial charge in [-0.25, -0.2) is 8.78 Å². The van der Waals surface area contributed by atoms with Crippen LogP contribution in [0.4, 0.5) is 14.6 Å². The van der Waals surface area contributed by atoms with Crippen LogP contribution in [0.15, 0.2) is 60.9 Å². The number of nitrogens with zero attached hydrogens (tertiary/aromatic N) is 6. The number of anilines is 1. The van der Waals surface area contributed by atoms with Crippen molar-refractivity contribution < 1.29 is 8.78 Å². The fraction of sp³-hybridized carbons (Fsp3) is 0.200. The normalized spacial score (nSPS) is 11.3. The van der Waals surface area contributed by atoms with Crippen LogP contribution in [0.5, 0.6) is 0 Å². The molecule has 3 aromatic heterocycles. The monoisotopic (exact) mass is 380 g/mol. The van der Waals surface area contributed by atoms with E-state index in [0.717, 1.165) is 21.2 Å². The molecule has 28 heavy (non-hydrogen) atoms. The van der Waals surface area contributed by atoms with Crippen LogP contribution in [-0.4, -0.2) is 24.8 Å². The molecule has 4 aromatic rings. The largest absolute Gasteiger partial charge is 0.346 e. The zero-order valence-corrected chi connectivity index (χ0v) is 15.2. The standard InChI is InChI=1S/C20H18F2N6/c1-14-5-2-3-7-16(14)13-27(12-15-6-4-10-23-11-15)18-9-8-17-24-25-20(19(21)22)28(17)26-18/h2-11,19H,12-13H2,1H3. The molecule has 0 aliphatic rings. The molecule has 3 heterocycles. The second-order valence-electron chi connectivity index (χ2n) is 6.46. The number of pyridine rings is 1. The average molecular weight is 380 g/mol. The Morgan fingerprint density at radius 3 is 2.61 bits per heavy atom. The lowest BCUT2D eigenvalue weighted by Gasteiger charge is -2.24. The highest BCUT2D eigenvalue weighted by atomic mass is 19.3. The minimum absolute atomic E-state index is 0.288. The van der Waals surface area contributed by atoms with Gasteiger partial charge in [-0.1, -0.05) is 30.3 Å². The van der Waals surface area contributed by atoms with Crippen LogP contribution in [0.1, 0.15) is 28.9 Å². The minimum atomic E-state index is -2.75. The van der Waals surface area contributed by atoms with E-state index in [-0.39, 0.29) is 5.65 Å². The summed E-state index contributed by atoms with van der Waals surface area (Å²) >= 11 is 0. The molecule has 0 fully saturated rings. The van der Waals surface area contributed by atoms with Crippen LogP contribution in [0, 0.1) is 6.92 Å². The Labute approximate surface area is 160 Å². The van der Waals surface area contributed by atoms with E-state index in [1.807, 2.05) is 48.2 Å². The molecule has 6 nitrogen and oxygen atoms in total. The third-order valence-electron chi connectivity index (χ3n) is 4.51. The molecule has 142 valence electrons. The minimum Gasteiger partial charge on any atom is -0.346 e. The van der Waals surface area contributed by atoms with Gasteiger partial charge in [-0.15, -0.1) is 15.3 Å². The molecule has 0 saturated heterocycles. The molecule has 0 aliphatic heterocycles. The maximum atomic E-state index is 13.2. The average Bonchev–Trinajstić information content (AvgIpc) is 3.13. The number of fused-ring (bicyclic) bond motifs is 1. The van der Waals surface area contributed by atoms with Crippen LogP contribution >= 0.6 is 0 Å². The van der Waals surface area contributed by atoms with Gasteiger partial charge in [-0.05, 0) is 41.8 Å². The first-order valence-corrected chi connectivity index (χ1v) is 8.80. The van der Waals surface area contributed by atoms with Gasteiger partial charge in [0.05, 0.1) is 0 Å². The molecular weight excluding hydrogens is 362 g/mol. The predicted molar refractivity (Wildman–Crippen MR) is 101 cm³/mol. The number of hydrogen-bond acceptors (Lipinski definition) is 5. The van der Waals surface area contributed by atoms with E-state index in [1.54, 1.807) is 24.5 Å². The molecule has 0 bridgehead atoms. The maximum Gasteiger partial charge on any atom is 0.299 e. The van der Waals surface area contributed by atoms with Gasteiger partial charge in [0.25, 0.3) is 6.43 Å². The highest BCUT2D eigenvalue weighted by Crippen LogP contribution is 2.22. The van der Waals surface area contributed by atoms with Crippen molar-refractivity contribution in [3.05, 3.63) is 83.4 Å². The smallest absolute Gasteiger partial charge is 0.299 e. The van der Waals surface area contributed by atoms with E-state index in [9.17, 15) is 8.78 Å². The molecule has 4 rings (SSSR count). The van der Waals surface area contributed by atoms with E-state index < -0.39 is 12.2 Å². The van der Waals surface area contributed by atoms with Crippen molar-refractivity contribution in [2.45, 2.75) is 26.4 Å². The zero-order chi connectivity index (χ0) is 19.5. The Morgan fingerprint density at radius 1 is 1.00 bits per heavy atom. The van der Waals surface area contributed by atoms with Crippen molar-refractivity contribution in [3.63, 3.8) is 0 Å². The summed E-state index contributed by atoms with van der Waals surface area (Å²) in [6, 6.07) is 15.3. The highest BCUT2D eigenvalue weighted by molar-refractivity contribution is 5.47. The number of aryl methyl sites for hydroxylation is 1. The summed E-state index contributed by atoms with van der Waals surface area (Å²) in [6.45, 7) is 3.15. The number of halogens is 2. The van der Waals surface area contributed by atoms with E-state index in [2.05, 4.69) is 20.3 Å². The van der Waals surface area contributed by atoms with Crippen molar-refractivity contribution in [1.82, 2.24) is 24.8 Å². The molecule has 0 saturated carbocycles. The van der Waals surface area contributed by atoms with E-state index >= 15 is 0 Å². The summed E-state index contributed by atoms with van der Waals surface area (Å²) in [5, 5.41) is 11.7. The number of rotatable bonds is 6. The van der Waals surface area contributed by atoms with Crippen LogP contribution in [0.2, 0.25) is 0 Å². The van der Waals surface area contributed by atoms with E-state index in [4.69, 9.17) is 0 Å². The Kier molecular flexibility index (Phi) is 4.92. The summed E-state index contributed by atoms with van der Waals surface area (Å²) in [4.78, 5) is 6.19. The molecule has 0 amide bonds. The van der Waals surface area contributed by atoms with Crippen LogP contribution in [-0.2, 0) is 13.1 Å². The predicted octanol–water partition coefficient (Wildman–Crippen LogP) is 3.97. The van der Waals surface area contributed by atoms with E-state index in [1.165, 1.54) is 0 Å². The molecule has 0 N–H and O–H groups in total. The van der Waals surface area contributed by atoms with Crippen molar-refractivity contribution in [3.8, 4) is 0 Å². The van der Waals surface area contributed by atoms with Crippen LogP contribution in [0.3, 0.4) is 0 Å². The Hall–Kier alpha value is -3.42. The summed E-state index contributed by atoms with van der Waals surface area (Å²) in [5.74, 6) is 0.0929. The third kappa shape index (κ3) is 3.66. The van der Waals surface area contributed by atoms with Crippen molar-refractivity contribution in [2.75, 3.05) is 4.90 Å². The van der Waals surface area contributed by atoms with E-state index in [0.29, 0.717) is 18.9 Å². The highest BCUT2D eigenvalue weighted by Gasteiger charge is 2.19. The Morgan fingerprint density at radius 2 is 1.86 bits per heavy atom. The van der Waals surface area contributed by atoms with Gasteiger partial charge in [0.2, 0.25) is 5.82 Å². The zero-order valence-electron chi connectivity index (χ0n) is 15.2. The molecule has 0 atom stereocenters. The molecule has 0 unspecified atom stereocenters. The van der Waals surface area contributed by atoms with Gasteiger partial charge in [-0.2, -0.15) is 4.52 Å². The lowest BCUT2D eigenvalue weighted by molar-refractivity contribution is 0.137. The molecule has 1 aromatic carbocycles. The topological polar surface area (TPSA) is 59.2 Å². The number of benzene rings is 1. The van der Waals surface area contributed by atoms with Gasteiger partial charge >= 0.3 is 0 Å². The molecular formula is C20H18F2N6. The SMILES string of the molecule is Cc1ccccc1CN(Cc1cccnc1)c1ccc2nnc(C(F)F)n2n1. The lowest BCUT2D eigenvalue weighted by Crippen LogP contribution is -2.24. The quantitative estimate of drug-likeness (QED) is 0.507. The Balaban J connectivity index is 1.74. The fourth-order valence-electron chi connectivity index (χ4n) is 3.02. The van der Waals surface area contributed by atoms with Gasteiger partial charge in [-0.3, -0.25) is 4.98 Å². The van der Waals surface area contributed by atoms with Crippen LogP contribution in [0.25, 0.3) is 5.65 Å². The van der Waals surface area contributed by atoms with Gasteiger partial charge < -0.3 is 4.90 Å². The first-order chi connectivity index (χ1) is 13.6. The summed E-state index contributed by atoms with van der Waals surface area (Å²) in [5.41, 5.74) is 3.57. The Bertz CT molecular complexity index is 1080. The third-order valence-corrected chi connectivity index (χ3v) is 4.51. The van der Waals surface area contributed by atoms with Gasteiger partial charge in [0, 0.05) is 25.5 Å². The van der Waals surface area contributed by atoms with Crippen molar-refractivity contribution in [2.24, 2.45) is 0 Å². The second kappa shape index (κ2) is 7.67. The molecule has 0 radical (unpaired) electrons. The molecule has 0 spiro atoms. The molecule has 0 aliphatic carbocycles. The number of aromatic nitrogens is 5. The number of hydrogen-bond donors (Lipinski definition) is 0. The first kappa shape index (κ1) is 18.0. The van der Waals surface area contributed by atoms with Crippen molar-refractivity contribution in [1.29, 1.82) is 0 Å². The molecule has 8 heteroatoms. The number of alkyl halides is 2.